The predicted molar refractivity (Wildman–Crippen MR) is 113 cm³/mol. The van der Waals surface area contributed by atoms with Crippen molar-refractivity contribution in [1.82, 2.24) is 20.1 Å². The molecule has 152 valence electrons. The van der Waals surface area contributed by atoms with Gasteiger partial charge in [-0.05, 0) is 45.4 Å². The molecular formula is C21H30N4O2S. The number of piperidine rings is 1. The smallest absolute Gasteiger partial charge is 0.317 e. The van der Waals surface area contributed by atoms with Crippen LogP contribution >= 0.6 is 0 Å². The van der Waals surface area contributed by atoms with Gasteiger partial charge >= 0.3 is 6.03 Å². The zero-order chi connectivity index (χ0) is 20.0. The molecule has 1 aliphatic heterocycles. The Morgan fingerprint density at radius 3 is 2.82 bits per heavy atom. The summed E-state index contributed by atoms with van der Waals surface area (Å²) in [6.45, 7) is 6.31. The van der Waals surface area contributed by atoms with E-state index in [0.29, 0.717) is 12.0 Å². The van der Waals surface area contributed by atoms with Gasteiger partial charge in [-0.25, -0.2) is 4.79 Å². The molecule has 1 fully saturated rings. The minimum Gasteiger partial charge on any atom is -0.610 e. The van der Waals surface area contributed by atoms with Crippen LogP contribution in [0.4, 0.5) is 4.79 Å². The number of amides is 2. The molecule has 2 aliphatic rings. The van der Waals surface area contributed by atoms with Crippen molar-refractivity contribution in [1.29, 1.82) is 0 Å². The third-order valence-corrected chi connectivity index (χ3v) is 7.40. The summed E-state index contributed by atoms with van der Waals surface area (Å²) in [7, 11) is 2.15. The highest BCUT2D eigenvalue weighted by molar-refractivity contribution is 7.90. The maximum absolute atomic E-state index is 12.6. The van der Waals surface area contributed by atoms with Crippen LogP contribution in [0.25, 0.3) is 10.9 Å². The van der Waals surface area contributed by atoms with Gasteiger partial charge in [0, 0.05) is 59.8 Å². The van der Waals surface area contributed by atoms with Crippen molar-refractivity contribution in [3.05, 3.63) is 29.3 Å². The summed E-state index contributed by atoms with van der Waals surface area (Å²) in [5.74, 6) is 0.367. The number of likely N-dealkylation sites (tertiary alicyclic amines) is 1. The third kappa shape index (κ3) is 3.19. The monoisotopic (exact) mass is 402 g/mol. The zero-order valence-corrected chi connectivity index (χ0v) is 17.9. The fourth-order valence-electron chi connectivity index (χ4n) is 5.12. The summed E-state index contributed by atoms with van der Waals surface area (Å²) in [5.41, 5.74) is 3.61. The molecule has 1 aliphatic carbocycles. The van der Waals surface area contributed by atoms with Crippen LogP contribution in [-0.2, 0) is 17.6 Å². The highest BCUT2D eigenvalue weighted by atomic mass is 32.2. The summed E-state index contributed by atoms with van der Waals surface area (Å²) < 4.78 is 12.3. The molecule has 0 saturated carbocycles. The number of benzene rings is 1. The number of aromatic amines is 1. The molecular weight excluding hydrogens is 372 g/mol. The van der Waals surface area contributed by atoms with Gasteiger partial charge in [-0.15, -0.1) is 0 Å². The highest BCUT2D eigenvalue weighted by Gasteiger charge is 2.42. The Balaban J connectivity index is 1.66. The number of hydrogen-bond donors (Lipinski definition) is 2. The molecule has 4 atom stereocenters. The van der Waals surface area contributed by atoms with Crippen LogP contribution in [-0.4, -0.2) is 70.4 Å². The summed E-state index contributed by atoms with van der Waals surface area (Å²) >= 11 is -1.03. The van der Waals surface area contributed by atoms with E-state index in [1.165, 1.54) is 16.5 Å². The van der Waals surface area contributed by atoms with Crippen molar-refractivity contribution >= 4 is 28.1 Å². The molecule has 2 N–H and O–H groups in total. The largest absolute Gasteiger partial charge is 0.610 e. The number of H-pyrrole nitrogens is 1. The zero-order valence-electron chi connectivity index (χ0n) is 17.1. The fourth-order valence-corrected chi connectivity index (χ4v) is 5.91. The lowest BCUT2D eigenvalue weighted by atomic mass is 9.74. The minimum absolute atomic E-state index is 0.0295. The van der Waals surface area contributed by atoms with Gasteiger partial charge in [0.1, 0.15) is 6.26 Å². The number of carbonyl (C=O) groups excluding carboxylic acids is 1. The molecule has 4 rings (SSSR count). The maximum atomic E-state index is 12.6. The first kappa shape index (κ1) is 19.6. The topological polar surface area (TPSA) is 74.4 Å². The fraction of sp³-hybridized carbons (Fsp3) is 0.571. The van der Waals surface area contributed by atoms with Gasteiger partial charge < -0.3 is 24.7 Å². The van der Waals surface area contributed by atoms with Crippen LogP contribution < -0.4 is 5.32 Å². The maximum Gasteiger partial charge on any atom is 0.317 e. The summed E-state index contributed by atoms with van der Waals surface area (Å²) in [5, 5.41) is 5.37. The second kappa shape index (κ2) is 7.61. The van der Waals surface area contributed by atoms with E-state index in [1.54, 1.807) is 6.26 Å². The Hall–Kier alpha value is -1.70. The Morgan fingerprint density at radius 1 is 1.39 bits per heavy atom. The first-order valence-corrected chi connectivity index (χ1v) is 11.7. The number of carbonyl (C=O) groups is 1. The van der Waals surface area contributed by atoms with Crippen LogP contribution in [0.2, 0.25) is 0 Å². The van der Waals surface area contributed by atoms with Crippen molar-refractivity contribution < 1.29 is 9.35 Å². The second-order valence-corrected chi connectivity index (χ2v) is 9.35. The van der Waals surface area contributed by atoms with Crippen LogP contribution in [0.1, 0.15) is 37.3 Å². The lowest BCUT2D eigenvalue weighted by Crippen LogP contribution is -2.56. The van der Waals surface area contributed by atoms with Gasteiger partial charge in [0.15, 0.2) is 0 Å². The molecule has 7 heteroatoms. The van der Waals surface area contributed by atoms with Crippen LogP contribution in [0, 0.1) is 0 Å². The average molecular weight is 403 g/mol. The third-order valence-electron chi connectivity index (χ3n) is 6.48. The van der Waals surface area contributed by atoms with Crippen molar-refractivity contribution in [2.45, 2.75) is 49.7 Å². The van der Waals surface area contributed by atoms with Crippen molar-refractivity contribution in [3.8, 4) is 0 Å². The number of rotatable bonds is 4. The van der Waals surface area contributed by atoms with Crippen LogP contribution in [0.5, 0.6) is 0 Å². The highest BCUT2D eigenvalue weighted by Crippen LogP contribution is 2.44. The number of likely N-dealkylation sites (N-methyl/N-ethyl adjacent to an activating group) is 1. The first-order chi connectivity index (χ1) is 13.4. The molecule has 6 nitrogen and oxygen atoms in total. The van der Waals surface area contributed by atoms with E-state index in [-0.39, 0.29) is 12.1 Å². The molecule has 0 bridgehead atoms. The Kier molecular flexibility index (Phi) is 5.33. The van der Waals surface area contributed by atoms with Crippen molar-refractivity contribution in [3.63, 3.8) is 0 Å². The summed E-state index contributed by atoms with van der Waals surface area (Å²) in [6, 6.07) is 6.90. The SMILES string of the molecule is CCN(CC)C(=O)N[C@H]1CC2c3cccc4[nH]c([S+](C)[O-])c(c34)C[C@H]2N(C)C1. The number of nitrogens with zero attached hydrogens (tertiary/aromatic N) is 2. The number of nitrogens with one attached hydrogen (secondary N) is 2. The van der Waals surface area contributed by atoms with Gasteiger partial charge in [-0.2, -0.15) is 0 Å². The number of urea groups is 1. The van der Waals surface area contributed by atoms with Gasteiger partial charge in [0.2, 0.25) is 5.03 Å². The molecule has 1 aromatic heterocycles. The summed E-state index contributed by atoms with van der Waals surface area (Å²) in [4.78, 5) is 20.2. The predicted octanol–water partition coefficient (Wildman–Crippen LogP) is 2.67. The quantitative estimate of drug-likeness (QED) is 0.772. The van der Waals surface area contributed by atoms with E-state index >= 15 is 0 Å². The van der Waals surface area contributed by atoms with E-state index < -0.39 is 11.2 Å². The van der Waals surface area contributed by atoms with Gasteiger partial charge in [-0.1, -0.05) is 12.1 Å². The molecule has 0 radical (unpaired) electrons. The van der Waals surface area contributed by atoms with E-state index in [9.17, 15) is 9.35 Å². The molecule has 28 heavy (non-hydrogen) atoms. The minimum atomic E-state index is -1.03. The molecule has 2 amide bonds. The number of hydrogen-bond acceptors (Lipinski definition) is 3. The molecule has 1 aromatic carbocycles. The number of aromatic nitrogens is 1. The molecule has 2 unspecified atom stereocenters. The first-order valence-electron chi connectivity index (χ1n) is 10.2. The standard InChI is InChI=1S/C21H30N4O2S/c1-5-25(6-2)21(26)22-13-10-15-14-8-7-9-17-19(14)16(20(23-17)28(4)27)11-18(15)24(3)12-13/h7-9,13,15,18,23H,5-6,10-12H2,1-4H3,(H,22,26)/t13-,15?,18+,28?/m0/s1. The Bertz CT molecular complexity index is 877. The molecule has 1 saturated heterocycles. The van der Waals surface area contributed by atoms with E-state index in [2.05, 4.69) is 40.4 Å². The molecule has 0 spiro atoms. The average Bonchev–Trinajstić information content (AvgIpc) is 3.04. The lowest BCUT2D eigenvalue weighted by molar-refractivity contribution is 0.123. The normalized spacial score (nSPS) is 25.4. The van der Waals surface area contributed by atoms with E-state index in [4.69, 9.17) is 0 Å². The summed E-state index contributed by atoms with van der Waals surface area (Å²) in [6.07, 6.45) is 3.59. The van der Waals surface area contributed by atoms with Crippen LogP contribution in [0.15, 0.2) is 23.2 Å². The number of fused-ring (bicyclic) bond motifs is 2. The van der Waals surface area contributed by atoms with Crippen molar-refractivity contribution in [2.24, 2.45) is 0 Å². The van der Waals surface area contributed by atoms with E-state index in [0.717, 1.165) is 43.0 Å². The van der Waals surface area contributed by atoms with E-state index in [1.807, 2.05) is 18.7 Å². The lowest BCUT2D eigenvalue weighted by Gasteiger charge is -2.45. The van der Waals surface area contributed by atoms with Crippen molar-refractivity contribution in [2.75, 3.05) is 32.9 Å². The van der Waals surface area contributed by atoms with Crippen LogP contribution in [0.3, 0.4) is 0 Å². The molecule has 2 heterocycles. The van der Waals surface area contributed by atoms with Gasteiger partial charge in [-0.3, -0.25) is 0 Å². The van der Waals surface area contributed by atoms with Gasteiger partial charge in [0.05, 0.1) is 5.52 Å². The van der Waals surface area contributed by atoms with Gasteiger partial charge in [0.25, 0.3) is 0 Å². The Morgan fingerprint density at radius 2 is 2.14 bits per heavy atom. The second-order valence-electron chi connectivity index (χ2n) is 8.03. The Labute approximate surface area is 169 Å². The molecule has 2 aromatic rings.